The van der Waals surface area contributed by atoms with Crippen molar-refractivity contribution < 1.29 is 24.2 Å². The van der Waals surface area contributed by atoms with Crippen LogP contribution in [0.3, 0.4) is 0 Å². The summed E-state index contributed by atoms with van der Waals surface area (Å²) < 4.78 is 10.7. The minimum atomic E-state index is -0.815. The van der Waals surface area contributed by atoms with Gasteiger partial charge >= 0.3 is 11.9 Å². The number of hydrogen-bond acceptors (Lipinski definition) is 5. The van der Waals surface area contributed by atoms with Crippen molar-refractivity contribution in [2.75, 3.05) is 13.2 Å². The maximum atomic E-state index is 12.3. The van der Waals surface area contributed by atoms with Crippen molar-refractivity contribution in [2.24, 2.45) is 0 Å². The second kappa shape index (κ2) is 67.5. The highest BCUT2D eigenvalue weighted by molar-refractivity contribution is 5.70. The van der Waals surface area contributed by atoms with Gasteiger partial charge in [-0.2, -0.15) is 0 Å². The molecule has 0 aliphatic heterocycles. The highest BCUT2D eigenvalue weighted by Gasteiger charge is 2.16. The Bertz CT molecular complexity index is 1960. The molecule has 442 valence electrons. The summed E-state index contributed by atoms with van der Waals surface area (Å²) in [4.78, 5) is 24.6. The van der Waals surface area contributed by atoms with Gasteiger partial charge in [0.05, 0.1) is 6.61 Å². The third kappa shape index (κ3) is 64.7. The van der Waals surface area contributed by atoms with Gasteiger partial charge < -0.3 is 14.6 Å². The Morgan fingerprint density at radius 1 is 0.287 bits per heavy atom. The standard InChI is InChI=1S/C75H112O5/c1-3-5-7-9-11-13-15-17-19-21-23-25-27-29-31-32-33-34-35-36-37-38-39-40-41-42-44-46-48-50-52-54-56-58-60-62-64-66-68-70-75(78)80-73(71-76)72-79-74(77)69-67-65-63-61-59-57-55-53-51-49-47-45-43-30-28-26-24-22-20-18-16-14-12-10-8-6-4-2/h5-8,11-14,17-20,23-26,29-31,33-34,36-37,39-40,42-44,47-50,53,55,59,61,73,76H,3-4,9-10,15-16,21-22,27-28,32,35,38,41,45-46,51-52,54,56-58,60,62-72H2,1-2H3/b7-5-,8-6-,13-11-,14-12-,19-17-,20-18-,25-23-,26-24-,31-29-,34-33-,37-36-,40-39-,43-30-,44-42-,49-47-,50-48-,55-53-,61-59-. The average molecular weight is 1090 g/mol. The Labute approximate surface area is 491 Å². The molecule has 0 rings (SSSR count). The van der Waals surface area contributed by atoms with Crippen LogP contribution in [0, 0.1) is 0 Å². The Balaban J connectivity index is 3.69. The molecule has 5 nitrogen and oxygen atoms in total. The van der Waals surface area contributed by atoms with Crippen molar-refractivity contribution in [3.8, 4) is 0 Å². The number of aliphatic hydroxyl groups is 1. The van der Waals surface area contributed by atoms with Crippen LogP contribution >= 0.6 is 0 Å². The third-order valence-electron chi connectivity index (χ3n) is 12.3. The number of allylic oxidation sites excluding steroid dienone is 36. The van der Waals surface area contributed by atoms with Crippen molar-refractivity contribution in [1.82, 2.24) is 0 Å². The summed E-state index contributed by atoms with van der Waals surface area (Å²) in [6, 6.07) is 0. The second-order valence-corrected chi connectivity index (χ2v) is 19.7. The molecule has 0 aliphatic rings. The van der Waals surface area contributed by atoms with Crippen LogP contribution in [0.2, 0.25) is 0 Å². The molecule has 80 heavy (non-hydrogen) atoms. The van der Waals surface area contributed by atoms with E-state index < -0.39 is 6.10 Å². The SMILES string of the molecule is CC/C=C\C/C=C\C/C=C\C/C=C\C/C=C\C/C=C\C/C=C\C/C=C\C/C=C\C/C=C\CCCCCCCCCCC(=O)OC(CO)COC(=O)CCCC/C=C\C/C=C\C/C=C\C/C=C\C/C=C\C/C=C\C/C=C\C/C=C\CC. The second-order valence-electron chi connectivity index (χ2n) is 19.7. The first-order valence-electron chi connectivity index (χ1n) is 31.3. The summed E-state index contributed by atoms with van der Waals surface area (Å²) in [5, 5.41) is 9.67. The quantitative estimate of drug-likeness (QED) is 0.0373. The highest BCUT2D eigenvalue weighted by atomic mass is 16.6. The largest absolute Gasteiger partial charge is 0.462 e. The molecule has 0 aromatic heterocycles. The van der Waals surface area contributed by atoms with Gasteiger partial charge in [0.2, 0.25) is 0 Å². The molecule has 0 saturated carbocycles. The fourth-order valence-electron chi connectivity index (χ4n) is 7.66. The summed E-state index contributed by atoms with van der Waals surface area (Å²) in [5.74, 6) is -0.670. The lowest BCUT2D eigenvalue weighted by Crippen LogP contribution is -2.28. The molecule has 1 N–H and O–H groups in total. The number of aliphatic hydroxyl groups excluding tert-OH is 1. The number of esters is 2. The molecule has 0 saturated heterocycles. The molecule has 0 aromatic carbocycles. The van der Waals surface area contributed by atoms with Crippen molar-refractivity contribution >= 4 is 11.9 Å². The molecule has 0 spiro atoms. The van der Waals surface area contributed by atoms with Crippen molar-refractivity contribution in [3.63, 3.8) is 0 Å². The molecule has 0 aliphatic carbocycles. The first kappa shape index (κ1) is 74.2. The molecule has 5 heteroatoms. The van der Waals surface area contributed by atoms with Gasteiger partial charge in [-0.1, -0.05) is 271 Å². The van der Waals surface area contributed by atoms with E-state index in [2.05, 4.69) is 233 Å². The van der Waals surface area contributed by atoms with Crippen LogP contribution in [-0.4, -0.2) is 36.4 Å². The molecule has 0 aromatic rings. The van der Waals surface area contributed by atoms with E-state index in [9.17, 15) is 14.7 Å². The first-order valence-corrected chi connectivity index (χ1v) is 31.3. The maximum Gasteiger partial charge on any atom is 0.306 e. The smallest absolute Gasteiger partial charge is 0.306 e. The zero-order valence-corrected chi connectivity index (χ0v) is 50.5. The Morgan fingerprint density at radius 3 is 0.775 bits per heavy atom. The summed E-state index contributed by atoms with van der Waals surface area (Å²) in [5.41, 5.74) is 0. The minimum absolute atomic E-state index is 0.108. The lowest BCUT2D eigenvalue weighted by Gasteiger charge is -2.15. The van der Waals surface area contributed by atoms with Crippen LogP contribution in [0.5, 0.6) is 0 Å². The molecule has 0 heterocycles. The van der Waals surface area contributed by atoms with Crippen LogP contribution in [-0.2, 0) is 19.1 Å². The Hall–Kier alpha value is -5.78. The van der Waals surface area contributed by atoms with Crippen LogP contribution in [0.15, 0.2) is 219 Å². The van der Waals surface area contributed by atoms with E-state index in [1.165, 1.54) is 32.1 Å². The molecule has 1 unspecified atom stereocenters. The molecule has 0 radical (unpaired) electrons. The number of carbonyl (C=O) groups excluding carboxylic acids is 2. The summed E-state index contributed by atoms with van der Waals surface area (Å²) in [6.07, 6.45) is 111. The highest BCUT2D eigenvalue weighted by Crippen LogP contribution is 2.13. The number of unbranched alkanes of at least 4 members (excludes halogenated alkanes) is 10. The van der Waals surface area contributed by atoms with Crippen LogP contribution in [0.25, 0.3) is 0 Å². The maximum absolute atomic E-state index is 12.3. The molecular weight excluding hydrogens is 981 g/mol. The monoisotopic (exact) mass is 1090 g/mol. The topological polar surface area (TPSA) is 72.8 Å². The van der Waals surface area contributed by atoms with E-state index in [0.717, 1.165) is 161 Å². The predicted octanol–water partition coefficient (Wildman–Crippen LogP) is 22.0. The van der Waals surface area contributed by atoms with Crippen LogP contribution in [0.1, 0.15) is 219 Å². The van der Waals surface area contributed by atoms with E-state index in [-0.39, 0.29) is 25.2 Å². The van der Waals surface area contributed by atoms with Crippen LogP contribution < -0.4 is 0 Å². The fraction of sp³-hybridized carbons (Fsp3) is 0.493. The van der Waals surface area contributed by atoms with Crippen molar-refractivity contribution in [2.45, 2.75) is 225 Å². The van der Waals surface area contributed by atoms with Crippen molar-refractivity contribution in [1.29, 1.82) is 0 Å². The minimum Gasteiger partial charge on any atom is -0.462 e. The summed E-state index contributed by atoms with van der Waals surface area (Å²) in [6.45, 7) is 3.85. The van der Waals surface area contributed by atoms with Gasteiger partial charge in [0.25, 0.3) is 0 Å². The number of ether oxygens (including phenoxy) is 2. The van der Waals surface area contributed by atoms with Gasteiger partial charge in [-0.15, -0.1) is 0 Å². The average Bonchev–Trinajstić information content (AvgIpc) is 3.46. The zero-order valence-electron chi connectivity index (χ0n) is 50.5. The van der Waals surface area contributed by atoms with E-state index in [1.54, 1.807) is 0 Å². The van der Waals surface area contributed by atoms with E-state index in [4.69, 9.17) is 9.47 Å². The molecule has 0 bridgehead atoms. The van der Waals surface area contributed by atoms with E-state index >= 15 is 0 Å². The zero-order chi connectivity index (χ0) is 57.6. The lowest BCUT2D eigenvalue weighted by atomic mass is 10.1. The third-order valence-corrected chi connectivity index (χ3v) is 12.3. The molecular formula is C75H112O5. The normalized spacial score (nSPS) is 13.8. The summed E-state index contributed by atoms with van der Waals surface area (Å²) in [7, 11) is 0. The van der Waals surface area contributed by atoms with Gasteiger partial charge in [-0.25, -0.2) is 0 Å². The lowest BCUT2D eigenvalue weighted by molar-refractivity contribution is -0.161. The van der Waals surface area contributed by atoms with Crippen molar-refractivity contribution in [3.05, 3.63) is 219 Å². The molecule has 1 atom stereocenters. The van der Waals surface area contributed by atoms with Gasteiger partial charge in [-0.05, 0) is 154 Å². The van der Waals surface area contributed by atoms with E-state index in [1.807, 2.05) is 0 Å². The number of rotatable bonds is 54. The summed E-state index contributed by atoms with van der Waals surface area (Å²) >= 11 is 0. The van der Waals surface area contributed by atoms with Crippen LogP contribution in [0.4, 0.5) is 0 Å². The predicted molar refractivity (Wildman–Crippen MR) is 352 cm³/mol. The molecule has 0 amide bonds. The van der Waals surface area contributed by atoms with Gasteiger partial charge in [0, 0.05) is 12.8 Å². The van der Waals surface area contributed by atoms with Gasteiger partial charge in [0.1, 0.15) is 6.61 Å². The Kier molecular flexibility index (Phi) is 62.6. The van der Waals surface area contributed by atoms with Gasteiger partial charge in [0.15, 0.2) is 6.10 Å². The molecule has 0 fully saturated rings. The Morgan fingerprint density at radius 2 is 0.500 bits per heavy atom. The fourth-order valence-corrected chi connectivity index (χ4v) is 7.66. The number of carbonyl (C=O) groups is 2. The first-order chi connectivity index (χ1) is 39.6. The number of hydrogen-bond donors (Lipinski definition) is 1. The van der Waals surface area contributed by atoms with E-state index in [0.29, 0.717) is 12.8 Å². The van der Waals surface area contributed by atoms with Gasteiger partial charge in [-0.3, -0.25) is 9.59 Å².